The first kappa shape index (κ1) is 9.67. The summed E-state index contributed by atoms with van der Waals surface area (Å²) in [6, 6.07) is 0. The van der Waals surface area contributed by atoms with E-state index in [0.717, 1.165) is 22.0 Å². The van der Waals surface area contributed by atoms with Crippen molar-refractivity contribution in [2.45, 2.75) is 13.3 Å². The number of nitrogens with zero attached hydrogens (tertiary/aromatic N) is 2. The summed E-state index contributed by atoms with van der Waals surface area (Å²) >= 11 is 4.72. The molecule has 0 fully saturated rings. The molecule has 0 spiro atoms. The van der Waals surface area contributed by atoms with Gasteiger partial charge in [0.15, 0.2) is 3.92 Å². The predicted molar refractivity (Wildman–Crippen MR) is 55.5 cm³/mol. The highest BCUT2D eigenvalue weighted by Crippen LogP contribution is 2.20. The molecule has 0 saturated carbocycles. The number of halogens is 1. The molecule has 0 amide bonds. The third-order valence-electron chi connectivity index (χ3n) is 1.39. The van der Waals surface area contributed by atoms with E-state index in [0.29, 0.717) is 0 Å². The molecule has 1 rings (SSSR count). The van der Waals surface area contributed by atoms with Gasteiger partial charge < -0.3 is 5.32 Å². The number of nitrogens with one attached hydrogen (secondary N) is 1. The third kappa shape index (κ3) is 2.91. The van der Waals surface area contributed by atoms with Crippen LogP contribution in [0.2, 0.25) is 0 Å². The van der Waals surface area contributed by atoms with Gasteiger partial charge in [0.25, 0.3) is 0 Å². The SMILES string of the molecule is C=C(CC)CNc1nnc(Br)s1. The van der Waals surface area contributed by atoms with Gasteiger partial charge in [0, 0.05) is 6.54 Å². The summed E-state index contributed by atoms with van der Waals surface area (Å²) in [6.07, 6.45) is 0.993. The Morgan fingerprint density at radius 3 is 2.92 bits per heavy atom. The van der Waals surface area contributed by atoms with Crippen LogP contribution in [0.25, 0.3) is 0 Å². The normalized spacial score (nSPS) is 9.83. The third-order valence-corrected chi connectivity index (χ3v) is 2.70. The molecule has 0 unspecified atom stereocenters. The highest BCUT2D eigenvalue weighted by atomic mass is 79.9. The first-order valence-electron chi connectivity index (χ1n) is 3.62. The van der Waals surface area contributed by atoms with E-state index in [4.69, 9.17) is 0 Å². The fraction of sp³-hybridized carbons (Fsp3) is 0.429. The Balaban J connectivity index is 2.38. The van der Waals surface area contributed by atoms with Crippen molar-refractivity contribution in [3.05, 3.63) is 16.1 Å². The van der Waals surface area contributed by atoms with E-state index >= 15 is 0 Å². The molecular weight excluding hydrogens is 238 g/mol. The highest BCUT2D eigenvalue weighted by Gasteiger charge is 1.99. The Kier molecular flexibility index (Phi) is 3.68. The predicted octanol–water partition coefficient (Wildman–Crippen LogP) is 2.68. The van der Waals surface area contributed by atoms with Crippen molar-refractivity contribution in [3.8, 4) is 0 Å². The summed E-state index contributed by atoms with van der Waals surface area (Å²) < 4.78 is 0.798. The van der Waals surface area contributed by atoms with Crippen LogP contribution in [0.15, 0.2) is 16.1 Å². The zero-order valence-corrected chi connectivity index (χ0v) is 9.20. The Morgan fingerprint density at radius 1 is 1.67 bits per heavy atom. The van der Waals surface area contributed by atoms with Gasteiger partial charge in [-0.25, -0.2) is 0 Å². The molecule has 0 saturated heterocycles. The van der Waals surface area contributed by atoms with Crippen LogP contribution in [0.1, 0.15) is 13.3 Å². The van der Waals surface area contributed by atoms with Gasteiger partial charge in [-0.3, -0.25) is 0 Å². The summed E-state index contributed by atoms with van der Waals surface area (Å²) in [5.41, 5.74) is 1.17. The monoisotopic (exact) mass is 247 g/mol. The lowest BCUT2D eigenvalue weighted by Crippen LogP contribution is -2.02. The van der Waals surface area contributed by atoms with Gasteiger partial charge in [-0.2, -0.15) is 0 Å². The summed E-state index contributed by atoms with van der Waals surface area (Å²) in [5.74, 6) is 0. The van der Waals surface area contributed by atoms with E-state index in [1.807, 2.05) is 0 Å². The average molecular weight is 248 g/mol. The minimum absolute atomic E-state index is 0.776. The number of aromatic nitrogens is 2. The van der Waals surface area contributed by atoms with Gasteiger partial charge >= 0.3 is 0 Å². The van der Waals surface area contributed by atoms with Gasteiger partial charge in [0.05, 0.1) is 0 Å². The van der Waals surface area contributed by atoms with Gasteiger partial charge in [0.1, 0.15) is 0 Å². The molecule has 1 N–H and O–H groups in total. The molecule has 1 aromatic heterocycles. The van der Waals surface area contributed by atoms with Crippen LogP contribution < -0.4 is 5.32 Å². The summed E-state index contributed by atoms with van der Waals surface area (Å²) in [6.45, 7) is 6.74. The molecule has 0 aliphatic rings. The van der Waals surface area contributed by atoms with Crippen LogP contribution in [0, 0.1) is 0 Å². The first-order valence-corrected chi connectivity index (χ1v) is 5.23. The quantitative estimate of drug-likeness (QED) is 0.832. The maximum Gasteiger partial charge on any atom is 0.206 e. The molecule has 1 heterocycles. The molecule has 5 heteroatoms. The molecule has 66 valence electrons. The zero-order valence-electron chi connectivity index (χ0n) is 6.80. The topological polar surface area (TPSA) is 37.8 Å². The Labute approximate surface area is 84.0 Å². The lowest BCUT2D eigenvalue weighted by molar-refractivity contribution is 1.02. The highest BCUT2D eigenvalue weighted by molar-refractivity contribution is 9.11. The van der Waals surface area contributed by atoms with Gasteiger partial charge in [-0.15, -0.1) is 10.2 Å². The fourth-order valence-electron chi connectivity index (χ4n) is 0.602. The second kappa shape index (κ2) is 4.57. The van der Waals surface area contributed by atoms with Crippen LogP contribution in [0.5, 0.6) is 0 Å². The zero-order chi connectivity index (χ0) is 8.97. The van der Waals surface area contributed by atoms with Crippen molar-refractivity contribution in [2.24, 2.45) is 0 Å². The molecular formula is C7H10BrN3S. The maximum absolute atomic E-state index is 3.89. The van der Waals surface area contributed by atoms with E-state index in [1.165, 1.54) is 16.9 Å². The lowest BCUT2D eigenvalue weighted by Gasteiger charge is -2.01. The largest absolute Gasteiger partial charge is 0.356 e. The Morgan fingerprint density at radius 2 is 2.42 bits per heavy atom. The molecule has 0 radical (unpaired) electrons. The molecule has 0 aliphatic heterocycles. The number of hydrogen-bond acceptors (Lipinski definition) is 4. The van der Waals surface area contributed by atoms with E-state index in [9.17, 15) is 0 Å². The summed E-state index contributed by atoms with van der Waals surface area (Å²) in [5, 5.41) is 11.7. The molecule has 0 aromatic carbocycles. The van der Waals surface area contributed by atoms with Crippen LogP contribution in [0.4, 0.5) is 5.13 Å². The second-order valence-electron chi connectivity index (χ2n) is 2.32. The molecule has 3 nitrogen and oxygen atoms in total. The minimum Gasteiger partial charge on any atom is -0.356 e. The van der Waals surface area contributed by atoms with Crippen LogP contribution in [0.3, 0.4) is 0 Å². The summed E-state index contributed by atoms with van der Waals surface area (Å²) in [4.78, 5) is 0. The van der Waals surface area contributed by atoms with E-state index in [-0.39, 0.29) is 0 Å². The van der Waals surface area contributed by atoms with Crippen molar-refractivity contribution < 1.29 is 0 Å². The molecule has 1 aromatic rings. The second-order valence-corrected chi connectivity index (χ2v) is 4.57. The Hall–Kier alpha value is -0.420. The maximum atomic E-state index is 3.89. The smallest absolute Gasteiger partial charge is 0.206 e. The van der Waals surface area contributed by atoms with Crippen molar-refractivity contribution >= 4 is 32.4 Å². The minimum atomic E-state index is 0.776. The van der Waals surface area contributed by atoms with Crippen molar-refractivity contribution in [1.82, 2.24) is 10.2 Å². The van der Waals surface area contributed by atoms with Crippen LogP contribution in [-0.2, 0) is 0 Å². The van der Waals surface area contributed by atoms with Gasteiger partial charge in [-0.05, 0) is 22.4 Å². The van der Waals surface area contributed by atoms with Crippen molar-refractivity contribution in [1.29, 1.82) is 0 Å². The van der Waals surface area contributed by atoms with E-state index in [2.05, 4.69) is 44.9 Å². The first-order chi connectivity index (χ1) is 5.72. The van der Waals surface area contributed by atoms with E-state index < -0.39 is 0 Å². The molecule has 0 aliphatic carbocycles. The summed E-state index contributed by atoms with van der Waals surface area (Å²) in [7, 11) is 0. The molecule has 12 heavy (non-hydrogen) atoms. The number of hydrogen-bond donors (Lipinski definition) is 1. The average Bonchev–Trinajstić information content (AvgIpc) is 2.47. The van der Waals surface area contributed by atoms with Crippen LogP contribution in [-0.4, -0.2) is 16.7 Å². The van der Waals surface area contributed by atoms with Gasteiger partial charge in [0.2, 0.25) is 5.13 Å². The molecule has 0 atom stereocenters. The number of rotatable bonds is 4. The van der Waals surface area contributed by atoms with Gasteiger partial charge in [-0.1, -0.05) is 30.4 Å². The van der Waals surface area contributed by atoms with Crippen molar-refractivity contribution in [2.75, 3.05) is 11.9 Å². The Bertz CT molecular complexity index is 271. The van der Waals surface area contributed by atoms with E-state index in [1.54, 1.807) is 0 Å². The standard InChI is InChI=1S/C7H10BrN3S/c1-3-5(2)4-9-7-11-10-6(8)12-7/h2-4H2,1H3,(H,9,11). The molecule has 0 bridgehead atoms. The lowest BCUT2D eigenvalue weighted by atomic mass is 10.2. The fourth-order valence-corrected chi connectivity index (χ4v) is 1.61. The number of anilines is 1. The van der Waals surface area contributed by atoms with Crippen LogP contribution >= 0.6 is 27.3 Å². The van der Waals surface area contributed by atoms with Crippen molar-refractivity contribution in [3.63, 3.8) is 0 Å².